The fraction of sp³-hybridized carbons (Fsp3) is 0.200. The molecule has 1 atom stereocenters. The van der Waals surface area contributed by atoms with Gasteiger partial charge in [0.2, 0.25) is 0 Å². The van der Waals surface area contributed by atoms with E-state index in [2.05, 4.69) is 49.4 Å². The summed E-state index contributed by atoms with van der Waals surface area (Å²) in [5.41, 5.74) is 9.33. The van der Waals surface area contributed by atoms with E-state index in [4.69, 9.17) is 5.73 Å². The first-order valence-corrected chi connectivity index (χ1v) is 5.71. The summed E-state index contributed by atoms with van der Waals surface area (Å²) in [4.78, 5) is 0. The first-order chi connectivity index (χ1) is 7.81. The minimum absolute atomic E-state index is 0.449. The molecule has 0 saturated heterocycles. The predicted molar refractivity (Wildman–Crippen MR) is 69.4 cm³/mol. The van der Waals surface area contributed by atoms with Crippen molar-refractivity contribution < 1.29 is 0 Å². The summed E-state index contributed by atoms with van der Waals surface area (Å²) in [6, 6.07) is 18.8. The van der Waals surface area contributed by atoms with E-state index in [1.54, 1.807) is 0 Å². The fourth-order valence-corrected chi connectivity index (χ4v) is 2.12. The lowest BCUT2D eigenvalue weighted by Crippen LogP contribution is -2.00. The number of nitrogens with two attached hydrogens (primary N) is 1. The second kappa shape index (κ2) is 4.84. The Kier molecular flexibility index (Phi) is 3.25. The quantitative estimate of drug-likeness (QED) is 0.767. The van der Waals surface area contributed by atoms with Crippen molar-refractivity contribution in [2.24, 2.45) is 0 Å². The summed E-state index contributed by atoms with van der Waals surface area (Å²) in [6.07, 6.45) is 1.09. The minimum atomic E-state index is 0.449. The van der Waals surface area contributed by atoms with Gasteiger partial charge >= 0.3 is 0 Å². The van der Waals surface area contributed by atoms with Gasteiger partial charge in [0.05, 0.1) is 0 Å². The highest BCUT2D eigenvalue weighted by atomic mass is 14.5. The molecule has 0 amide bonds. The Labute approximate surface area is 96.9 Å². The van der Waals surface area contributed by atoms with E-state index in [9.17, 15) is 0 Å². The van der Waals surface area contributed by atoms with Crippen LogP contribution in [0.4, 0.5) is 5.69 Å². The second-order valence-corrected chi connectivity index (χ2v) is 4.04. The van der Waals surface area contributed by atoms with E-state index < -0.39 is 0 Å². The normalized spacial score (nSPS) is 12.3. The molecule has 0 bridgehead atoms. The third-order valence-electron chi connectivity index (χ3n) is 2.92. The summed E-state index contributed by atoms with van der Waals surface area (Å²) in [5, 5.41) is 0. The van der Waals surface area contributed by atoms with Gasteiger partial charge in [0.25, 0.3) is 0 Å². The number of nitrogen functional groups attached to an aromatic ring is 1. The highest BCUT2D eigenvalue weighted by molar-refractivity contribution is 5.44. The Bertz CT molecular complexity index is 448. The van der Waals surface area contributed by atoms with Gasteiger partial charge in [-0.3, -0.25) is 0 Å². The van der Waals surface area contributed by atoms with Crippen LogP contribution in [0.5, 0.6) is 0 Å². The largest absolute Gasteiger partial charge is 0.399 e. The molecule has 0 aliphatic rings. The van der Waals surface area contributed by atoms with Crippen LogP contribution in [-0.2, 0) is 0 Å². The molecule has 0 heterocycles. The highest BCUT2D eigenvalue weighted by Gasteiger charge is 2.11. The Hall–Kier alpha value is -1.76. The molecule has 0 aliphatic heterocycles. The van der Waals surface area contributed by atoms with E-state index in [-0.39, 0.29) is 0 Å². The zero-order valence-corrected chi connectivity index (χ0v) is 9.56. The van der Waals surface area contributed by atoms with Crippen molar-refractivity contribution in [3.63, 3.8) is 0 Å². The van der Waals surface area contributed by atoms with Crippen LogP contribution in [0.15, 0.2) is 54.6 Å². The van der Waals surface area contributed by atoms with Crippen molar-refractivity contribution in [1.29, 1.82) is 0 Å². The molecule has 0 fully saturated rings. The lowest BCUT2D eigenvalue weighted by Gasteiger charge is -2.16. The molecule has 82 valence electrons. The highest BCUT2D eigenvalue weighted by Crippen LogP contribution is 2.28. The van der Waals surface area contributed by atoms with Gasteiger partial charge in [0, 0.05) is 11.6 Å². The maximum absolute atomic E-state index is 5.83. The maximum Gasteiger partial charge on any atom is 0.0316 e. The van der Waals surface area contributed by atoms with E-state index in [0.717, 1.165) is 12.1 Å². The molecule has 1 heteroatoms. The third kappa shape index (κ3) is 2.25. The minimum Gasteiger partial charge on any atom is -0.399 e. The Balaban J connectivity index is 2.37. The summed E-state index contributed by atoms with van der Waals surface area (Å²) >= 11 is 0. The molecule has 1 unspecified atom stereocenters. The predicted octanol–water partition coefficient (Wildman–Crippen LogP) is 3.81. The molecule has 2 N–H and O–H groups in total. The standard InChI is InChI=1S/C15H17N/c1-2-15(12-7-4-3-5-8-12)13-9-6-10-14(16)11-13/h3-11,15H,2,16H2,1H3. The zero-order chi connectivity index (χ0) is 11.4. The van der Waals surface area contributed by atoms with Crippen LogP contribution in [0.2, 0.25) is 0 Å². The molecule has 2 aromatic rings. The van der Waals surface area contributed by atoms with E-state index in [1.807, 2.05) is 12.1 Å². The van der Waals surface area contributed by atoms with Gasteiger partial charge in [-0.25, -0.2) is 0 Å². The van der Waals surface area contributed by atoms with Gasteiger partial charge in [-0.15, -0.1) is 0 Å². The van der Waals surface area contributed by atoms with Crippen LogP contribution in [0.3, 0.4) is 0 Å². The molecular weight excluding hydrogens is 194 g/mol. The van der Waals surface area contributed by atoms with Crippen LogP contribution in [0.25, 0.3) is 0 Å². The summed E-state index contributed by atoms with van der Waals surface area (Å²) in [6.45, 7) is 2.21. The maximum atomic E-state index is 5.83. The molecule has 0 saturated carbocycles. The van der Waals surface area contributed by atoms with Crippen LogP contribution in [-0.4, -0.2) is 0 Å². The molecule has 2 aromatic carbocycles. The summed E-state index contributed by atoms with van der Waals surface area (Å²) < 4.78 is 0. The molecule has 0 spiro atoms. The van der Waals surface area contributed by atoms with Crippen LogP contribution in [0.1, 0.15) is 30.4 Å². The Morgan fingerprint density at radius 1 is 0.938 bits per heavy atom. The summed E-state index contributed by atoms with van der Waals surface area (Å²) in [5.74, 6) is 0.449. The van der Waals surface area contributed by atoms with Gasteiger partial charge in [0.15, 0.2) is 0 Å². The van der Waals surface area contributed by atoms with Crippen molar-refractivity contribution in [1.82, 2.24) is 0 Å². The van der Waals surface area contributed by atoms with E-state index >= 15 is 0 Å². The summed E-state index contributed by atoms with van der Waals surface area (Å²) in [7, 11) is 0. The van der Waals surface area contributed by atoms with Crippen LogP contribution in [0, 0.1) is 0 Å². The smallest absolute Gasteiger partial charge is 0.0316 e. The fourth-order valence-electron chi connectivity index (χ4n) is 2.12. The lowest BCUT2D eigenvalue weighted by atomic mass is 9.89. The van der Waals surface area contributed by atoms with E-state index in [1.165, 1.54) is 11.1 Å². The van der Waals surface area contributed by atoms with Gasteiger partial charge in [-0.05, 0) is 29.7 Å². The zero-order valence-electron chi connectivity index (χ0n) is 9.56. The van der Waals surface area contributed by atoms with Crippen molar-refractivity contribution >= 4 is 5.69 Å². The first-order valence-electron chi connectivity index (χ1n) is 5.71. The number of hydrogen-bond acceptors (Lipinski definition) is 1. The second-order valence-electron chi connectivity index (χ2n) is 4.04. The van der Waals surface area contributed by atoms with Crippen molar-refractivity contribution in [2.45, 2.75) is 19.3 Å². The first kappa shape index (κ1) is 10.7. The monoisotopic (exact) mass is 211 g/mol. The molecule has 2 rings (SSSR count). The van der Waals surface area contributed by atoms with Gasteiger partial charge < -0.3 is 5.73 Å². The topological polar surface area (TPSA) is 26.0 Å². The number of rotatable bonds is 3. The third-order valence-corrected chi connectivity index (χ3v) is 2.92. The number of hydrogen-bond donors (Lipinski definition) is 1. The lowest BCUT2D eigenvalue weighted by molar-refractivity contribution is 0.778. The van der Waals surface area contributed by atoms with Crippen LogP contribution < -0.4 is 5.73 Å². The SMILES string of the molecule is CCC(c1ccccc1)c1cccc(N)c1. The van der Waals surface area contributed by atoms with Crippen LogP contribution >= 0.6 is 0 Å². The molecule has 0 aliphatic carbocycles. The molecule has 16 heavy (non-hydrogen) atoms. The Morgan fingerprint density at radius 3 is 2.25 bits per heavy atom. The van der Waals surface area contributed by atoms with Gasteiger partial charge in [0.1, 0.15) is 0 Å². The molecular formula is C15H17N. The van der Waals surface area contributed by atoms with Crippen molar-refractivity contribution in [3.8, 4) is 0 Å². The van der Waals surface area contributed by atoms with Crippen molar-refractivity contribution in [3.05, 3.63) is 65.7 Å². The van der Waals surface area contributed by atoms with Gasteiger partial charge in [-0.2, -0.15) is 0 Å². The van der Waals surface area contributed by atoms with Crippen molar-refractivity contribution in [2.75, 3.05) is 5.73 Å². The number of benzene rings is 2. The average Bonchev–Trinajstić information content (AvgIpc) is 2.31. The van der Waals surface area contributed by atoms with Gasteiger partial charge in [-0.1, -0.05) is 49.4 Å². The Morgan fingerprint density at radius 2 is 1.62 bits per heavy atom. The molecule has 1 nitrogen and oxygen atoms in total. The van der Waals surface area contributed by atoms with E-state index in [0.29, 0.717) is 5.92 Å². The number of anilines is 1. The molecule has 0 aromatic heterocycles. The average molecular weight is 211 g/mol. The molecule has 0 radical (unpaired) electrons.